The van der Waals surface area contributed by atoms with Gasteiger partial charge >= 0.3 is 0 Å². The Morgan fingerprint density at radius 3 is 2.54 bits per heavy atom. The number of amides is 1. The van der Waals surface area contributed by atoms with Crippen LogP contribution >= 0.6 is 11.6 Å². The van der Waals surface area contributed by atoms with Crippen LogP contribution < -0.4 is 14.4 Å². The van der Waals surface area contributed by atoms with Gasteiger partial charge in [-0.25, -0.2) is 8.42 Å². The van der Waals surface area contributed by atoms with Gasteiger partial charge in [0.25, 0.3) is 5.91 Å². The number of hydrogen-bond acceptors (Lipinski definition) is 4. The first-order valence-electron chi connectivity index (χ1n) is 8.16. The molecule has 0 saturated carbocycles. The maximum atomic E-state index is 12.3. The average Bonchev–Trinajstić information content (AvgIpc) is 2.62. The second kappa shape index (κ2) is 7.55. The fourth-order valence-corrected chi connectivity index (χ4v) is 4.60. The number of carbonyl (C=O) groups excluding carboxylic acids is 1. The molecule has 138 valence electrons. The van der Waals surface area contributed by atoms with Crippen LogP contribution in [0.15, 0.2) is 42.5 Å². The van der Waals surface area contributed by atoms with E-state index >= 15 is 0 Å². The smallest absolute Gasteiger partial charge is 0.255 e. The largest absolute Gasteiger partial charge is 0.494 e. The summed E-state index contributed by atoms with van der Waals surface area (Å²) in [7, 11) is -1.87. The lowest BCUT2D eigenvalue weighted by Crippen LogP contribution is -2.38. The van der Waals surface area contributed by atoms with E-state index in [1.165, 1.54) is 11.4 Å². The summed E-state index contributed by atoms with van der Waals surface area (Å²) < 4.78 is 31.4. The quantitative estimate of drug-likeness (QED) is 0.860. The summed E-state index contributed by atoms with van der Waals surface area (Å²) in [4.78, 5) is 12.3. The zero-order valence-corrected chi connectivity index (χ0v) is 15.8. The molecule has 0 radical (unpaired) electrons. The normalized spacial score (nSPS) is 16.2. The SMILES string of the molecule is COc1cc(NC(=O)c2ccc(Cl)cc2)ccc1N1CCCCS1(=O)=O. The minimum atomic E-state index is -3.34. The summed E-state index contributed by atoms with van der Waals surface area (Å²) in [6, 6.07) is 11.5. The molecule has 2 aromatic rings. The van der Waals surface area contributed by atoms with E-state index < -0.39 is 10.0 Å². The molecule has 3 rings (SSSR count). The Hall–Kier alpha value is -2.25. The fraction of sp³-hybridized carbons (Fsp3) is 0.278. The van der Waals surface area contributed by atoms with Gasteiger partial charge in [0.05, 0.1) is 18.6 Å². The third kappa shape index (κ3) is 3.94. The van der Waals surface area contributed by atoms with Crippen molar-refractivity contribution >= 4 is 38.9 Å². The summed E-state index contributed by atoms with van der Waals surface area (Å²) in [6.45, 7) is 0.426. The molecule has 6 nitrogen and oxygen atoms in total. The first-order valence-corrected chi connectivity index (χ1v) is 10.1. The van der Waals surface area contributed by atoms with Crippen LogP contribution in [-0.4, -0.2) is 33.7 Å². The summed E-state index contributed by atoms with van der Waals surface area (Å²) >= 11 is 5.83. The number of benzene rings is 2. The minimum absolute atomic E-state index is 0.130. The molecule has 2 aromatic carbocycles. The lowest BCUT2D eigenvalue weighted by atomic mass is 10.2. The van der Waals surface area contributed by atoms with Gasteiger partial charge in [-0.15, -0.1) is 0 Å². The van der Waals surface area contributed by atoms with E-state index in [1.807, 2.05) is 0 Å². The number of anilines is 2. The van der Waals surface area contributed by atoms with E-state index in [0.29, 0.717) is 40.7 Å². The summed E-state index contributed by atoms with van der Waals surface area (Å²) in [5, 5.41) is 3.32. The van der Waals surface area contributed by atoms with Gasteiger partial charge in [-0.3, -0.25) is 9.10 Å². The first kappa shape index (κ1) is 18.5. The Morgan fingerprint density at radius 1 is 1.15 bits per heavy atom. The van der Waals surface area contributed by atoms with Crippen LogP contribution in [0, 0.1) is 0 Å². The Balaban J connectivity index is 1.84. The number of carbonyl (C=O) groups is 1. The van der Waals surface area contributed by atoms with Crippen molar-refractivity contribution in [3.05, 3.63) is 53.1 Å². The second-order valence-electron chi connectivity index (χ2n) is 5.94. The molecular weight excluding hydrogens is 376 g/mol. The number of sulfonamides is 1. The van der Waals surface area contributed by atoms with Crippen molar-refractivity contribution in [3.63, 3.8) is 0 Å². The number of ether oxygens (including phenoxy) is 1. The van der Waals surface area contributed by atoms with Crippen LogP contribution in [0.5, 0.6) is 5.75 Å². The van der Waals surface area contributed by atoms with E-state index in [0.717, 1.165) is 6.42 Å². The molecule has 1 N–H and O–H groups in total. The van der Waals surface area contributed by atoms with Crippen molar-refractivity contribution in [2.24, 2.45) is 0 Å². The van der Waals surface area contributed by atoms with Gasteiger partial charge in [-0.05, 0) is 49.2 Å². The van der Waals surface area contributed by atoms with Crippen LogP contribution in [0.2, 0.25) is 5.02 Å². The highest BCUT2D eigenvalue weighted by molar-refractivity contribution is 7.92. The van der Waals surface area contributed by atoms with Crippen LogP contribution in [0.25, 0.3) is 0 Å². The van der Waals surface area contributed by atoms with Gasteiger partial charge in [0, 0.05) is 28.9 Å². The molecule has 26 heavy (non-hydrogen) atoms. The molecule has 1 aliphatic heterocycles. The third-order valence-electron chi connectivity index (χ3n) is 4.16. The molecule has 1 saturated heterocycles. The highest BCUT2D eigenvalue weighted by Crippen LogP contribution is 2.35. The van der Waals surface area contributed by atoms with Gasteiger partial charge in [-0.2, -0.15) is 0 Å². The molecule has 0 bridgehead atoms. The number of nitrogens with zero attached hydrogens (tertiary/aromatic N) is 1. The molecular formula is C18H19ClN2O4S. The molecule has 0 spiro atoms. The summed E-state index contributed by atoms with van der Waals surface area (Å²) in [5.74, 6) is 0.233. The lowest BCUT2D eigenvalue weighted by molar-refractivity contribution is 0.102. The van der Waals surface area contributed by atoms with Gasteiger partial charge in [0.1, 0.15) is 5.75 Å². The highest BCUT2D eigenvalue weighted by Gasteiger charge is 2.28. The Bertz CT molecular complexity index is 913. The highest BCUT2D eigenvalue weighted by atomic mass is 35.5. The molecule has 0 unspecified atom stereocenters. The fourth-order valence-electron chi connectivity index (χ4n) is 2.83. The van der Waals surface area contributed by atoms with E-state index in [2.05, 4.69) is 5.32 Å². The van der Waals surface area contributed by atoms with Crippen LogP contribution in [0.3, 0.4) is 0 Å². The van der Waals surface area contributed by atoms with Crippen LogP contribution in [0.4, 0.5) is 11.4 Å². The Morgan fingerprint density at radius 2 is 1.88 bits per heavy atom. The number of hydrogen-bond donors (Lipinski definition) is 1. The average molecular weight is 395 g/mol. The molecule has 1 aliphatic rings. The van der Waals surface area contributed by atoms with E-state index in [4.69, 9.17) is 16.3 Å². The van der Waals surface area contributed by atoms with Crippen molar-refractivity contribution in [1.82, 2.24) is 0 Å². The maximum absolute atomic E-state index is 12.3. The molecule has 8 heteroatoms. The van der Waals surface area contributed by atoms with E-state index in [9.17, 15) is 13.2 Å². The zero-order valence-electron chi connectivity index (χ0n) is 14.2. The van der Waals surface area contributed by atoms with Crippen molar-refractivity contribution < 1.29 is 17.9 Å². The van der Waals surface area contributed by atoms with Crippen molar-refractivity contribution in [3.8, 4) is 5.75 Å². The van der Waals surface area contributed by atoms with E-state index in [1.54, 1.807) is 42.5 Å². The lowest BCUT2D eigenvalue weighted by Gasteiger charge is -2.29. The van der Waals surface area contributed by atoms with E-state index in [-0.39, 0.29) is 11.7 Å². The third-order valence-corrected chi connectivity index (χ3v) is 6.27. The van der Waals surface area contributed by atoms with Gasteiger partial charge in [0.15, 0.2) is 0 Å². The van der Waals surface area contributed by atoms with Gasteiger partial charge < -0.3 is 10.1 Å². The predicted molar refractivity (Wildman–Crippen MR) is 103 cm³/mol. The van der Waals surface area contributed by atoms with Gasteiger partial charge in [0.2, 0.25) is 10.0 Å². The molecule has 0 aromatic heterocycles. The van der Waals surface area contributed by atoms with Crippen LogP contribution in [-0.2, 0) is 10.0 Å². The predicted octanol–water partition coefficient (Wildman–Crippen LogP) is 3.53. The number of rotatable bonds is 4. The molecule has 1 fully saturated rings. The Kier molecular flexibility index (Phi) is 5.38. The summed E-state index contributed by atoms with van der Waals surface area (Å²) in [5.41, 5.74) is 1.47. The number of halogens is 1. The number of nitrogens with one attached hydrogen (secondary N) is 1. The van der Waals surface area contributed by atoms with Crippen molar-refractivity contribution in [1.29, 1.82) is 0 Å². The summed E-state index contributed by atoms with van der Waals surface area (Å²) in [6.07, 6.45) is 1.47. The Labute approximate surface area is 157 Å². The van der Waals surface area contributed by atoms with Crippen LogP contribution in [0.1, 0.15) is 23.2 Å². The zero-order chi connectivity index (χ0) is 18.7. The van der Waals surface area contributed by atoms with Gasteiger partial charge in [-0.1, -0.05) is 11.6 Å². The number of methoxy groups -OCH3 is 1. The monoisotopic (exact) mass is 394 g/mol. The minimum Gasteiger partial charge on any atom is -0.494 e. The first-order chi connectivity index (χ1) is 12.4. The van der Waals surface area contributed by atoms with Crippen molar-refractivity contribution in [2.45, 2.75) is 12.8 Å². The second-order valence-corrected chi connectivity index (χ2v) is 8.39. The molecule has 0 aliphatic carbocycles. The topological polar surface area (TPSA) is 75.7 Å². The molecule has 1 amide bonds. The standard InChI is InChI=1S/C18H19ClN2O4S/c1-25-17-12-15(20-18(22)13-4-6-14(19)7-5-13)8-9-16(17)21-10-2-3-11-26(21,23)24/h4-9,12H,2-3,10-11H2,1H3,(H,20,22). The molecule has 1 heterocycles. The van der Waals surface area contributed by atoms with Crippen molar-refractivity contribution in [2.75, 3.05) is 29.0 Å². The molecule has 0 atom stereocenters. The maximum Gasteiger partial charge on any atom is 0.255 e.